The van der Waals surface area contributed by atoms with E-state index in [0.717, 1.165) is 32.5 Å². The Morgan fingerprint density at radius 1 is 1.55 bits per heavy atom. The highest BCUT2D eigenvalue weighted by atomic mass is 19.1. The van der Waals surface area contributed by atoms with Crippen LogP contribution >= 0.6 is 0 Å². The third kappa shape index (κ3) is 2.14. The minimum atomic E-state index is -0.595. The van der Waals surface area contributed by atoms with Crippen molar-refractivity contribution >= 4 is 0 Å². The van der Waals surface area contributed by atoms with Crippen LogP contribution in [0.3, 0.4) is 0 Å². The highest BCUT2D eigenvalue weighted by molar-refractivity contribution is 4.79. The number of alkyl halides is 1. The SMILES string of the molecule is FC1CCCN(CC2CO2)C1. The van der Waals surface area contributed by atoms with Crippen LogP contribution in [0.4, 0.5) is 4.39 Å². The van der Waals surface area contributed by atoms with Gasteiger partial charge in [0.05, 0.1) is 12.7 Å². The Balaban J connectivity index is 1.73. The van der Waals surface area contributed by atoms with Crippen molar-refractivity contribution in [3.05, 3.63) is 0 Å². The Kier molecular flexibility index (Phi) is 2.09. The lowest BCUT2D eigenvalue weighted by Gasteiger charge is -2.27. The van der Waals surface area contributed by atoms with Crippen LogP contribution in [0.2, 0.25) is 0 Å². The van der Waals surface area contributed by atoms with Crippen molar-refractivity contribution in [3.63, 3.8) is 0 Å². The van der Waals surface area contributed by atoms with Crippen molar-refractivity contribution < 1.29 is 9.13 Å². The third-order valence-electron chi connectivity index (χ3n) is 2.31. The van der Waals surface area contributed by atoms with Crippen LogP contribution in [0.25, 0.3) is 0 Å². The van der Waals surface area contributed by atoms with Gasteiger partial charge in [-0.3, -0.25) is 4.90 Å². The van der Waals surface area contributed by atoms with E-state index in [1.165, 1.54) is 0 Å². The van der Waals surface area contributed by atoms with E-state index in [2.05, 4.69) is 4.90 Å². The fraction of sp³-hybridized carbons (Fsp3) is 1.00. The predicted octanol–water partition coefficient (Wildman–Crippen LogP) is 0.819. The molecule has 2 fully saturated rings. The number of piperidine rings is 1. The van der Waals surface area contributed by atoms with Crippen molar-refractivity contribution in [1.82, 2.24) is 4.90 Å². The van der Waals surface area contributed by atoms with E-state index in [4.69, 9.17) is 4.74 Å². The maximum atomic E-state index is 12.8. The molecule has 2 nitrogen and oxygen atoms in total. The monoisotopic (exact) mass is 159 g/mol. The summed E-state index contributed by atoms with van der Waals surface area (Å²) in [6, 6.07) is 0. The Hall–Kier alpha value is -0.150. The minimum Gasteiger partial charge on any atom is -0.372 e. The number of nitrogens with zero attached hydrogens (tertiary/aromatic N) is 1. The van der Waals surface area contributed by atoms with E-state index in [1.807, 2.05) is 0 Å². The number of hydrogen-bond acceptors (Lipinski definition) is 2. The van der Waals surface area contributed by atoms with E-state index in [9.17, 15) is 4.39 Å². The van der Waals surface area contributed by atoms with Gasteiger partial charge in [0.2, 0.25) is 0 Å². The van der Waals surface area contributed by atoms with Gasteiger partial charge in [0, 0.05) is 13.1 Å². The summed E-state index contributed by atoms with van der Waals surface area (Å²) in [5.41, 5.74) is 0. The molecular formula is C8H14FNO. The van der Waals surface area contributed by atoms with E-state index in [1.54, 1.807) is 0 Å². The number of halogens is 1. The minimum absolute atomic E-state index is 0.417. The van der Waals surface area contributed by atoms with Gasteiger partial charge in [-0.25, -0.2) is 4.39 Å². The molecule has 0 aromatic rings. The van der Waals surface area contributed by atoms with Gasteiger partial charge in [-0.1, -0.05) is 0 Å². The van der Waals surface area contributed by atoms with E-state index >= 15 is 0 Å². The van der Waals surface area contributed by atoms with Gasteiger partial charge in [0.15, 0.2) is 0 Å². The van der Waals surface area contributed by atoms with Gasteiger partial charge in [-0.05, 0) is 19.4 Å². The molecule has 2 unspecified atom stereocenters. The molecule has 0 saturated carbocycles. The smallest absolute Gasteiger partial charge is 0.113 e. The number of hydrogen-bond donors (Lipinski definition) is 0. The first-order chi connectivity index (χ1) is 5.34. The molecule has 0 spiro atoms. The van der Waals surface area contributed by atoms with Crippen LogP contribution in [0.5, 0.6) is 0 Å². The lowest BCUT2D eigenvalue weighted by atomic mass is 10.1. The van der Waals surface area contributed by atoms with Crippen LogP contribution in [-0.4, -0.2) is 43.4 Å². The summed E-state index contributed by atoms with van der Waals surface area (Å²) in [7, 11) is 0. The highest BCUT2D eigenvalue weighted by Crippen LogP contribution is 2.17. The normalized spacial score (nSPS) is 39.0. The molecule has 2 rings (SSSR count). The number of ether oxygens (including phenoxy) is 1. The van der Waals surface area contributed by atoms with Crippen LogP contribution in [0.1, 0.15) is 12.8 Å². The quantitative estimate of drug-likeness (QED) is 0.554. The van der Waals surface area contributed by atoms with E-state index in [-0.39, 0.29) is 0 Å². The van der Waals surface area contributed by atoms with Crippen molar-refractivity contribution in [2.75, 3.05) is 26.2 Å². The number of rotatable bonds is 2. The van der Waals surface area contributed by atoms with Gasteiger partial charge in [-0.2, -0.15) is 0 Å². The van der Waals surface area contributed by atoms with Gasteiger partial charge in [0.1, 0.15) is 6.17 Å². The van der Waals surface area contributed by atoms with Crippen LogP contribution in [-0.2, 0) is 4.74 Å². The molecule has 2 atom stereocenters. The summed E-state index contributed by atoms with van der Waals surface area (Å²) >= 11 is 0. The highest BCUT2D eigenvalue weighted by Gasteiger charge is 2.28. The first kappa shape index (κ1) is 7.50. The molecule has 2 aliphatic heterocycles. The molecule has 11 heavy (non-hydrogen) atoms. The van der Waals surface area contributed by atoms with Crippen LogP contribution in [0, 0.1) is 0 Å². The van der Waals surface area contributed by atoms with E-state index < -0.39 is 6.17 Å². The van der Waals surface area contributed by atoms with Crippen LogP contribution in [0.15, 0.2) is 0 Å². The molecule has 0 aromatic heterocycles. The van der Waals surface area contributed by atoms with Crippen molar-refractivity contribution in [3.8, 4) is 0 Å². The van der Waals surface area contributed by atoms with E-state index in [0.29, 0.717) is 12.6 Å². The summed E-state index contributed by atoms with van der Waals surface area (Å²) in [4.78, 5) is 2.17. The molecule has 0 N–H and O–H groups in total. The number of likely N-dealkylation sites (tertiary alicyclic amines) is 1. The Morgan fingerprint density at radius 3 is 3.00 bits per heavy atom. The maximum absolute atomic E-state index is 12.8. The molecule has 2 aliphatic rings. The zero-order valence-electron chi connectivity index (χ0n) is 6.63. The van der Waals surface area contributed by atoms with Crippen molar-refractivity contribution in [2.24, 2.45) is 0 Å². The molecule has 0 radical (unpaired) electrons. The second-order valence-electron chi connectivity index (χ2n) is 3.45. The fourth-order valence-electron chi connectivity index (χ4n) is 1.63. The fourth-order valence-corrected chi connectivity index (χ4v) is 1.63. The average molecular weight is 159 g/mol. The van der Waals surface area contributed by atoms with Crippen LogP contribution < -0.4 is 0 Å². The Bertz CT molecular complexity index is 136. The van der Waals surface area contributed by atoms with Gasteiger partial charge >= 0.3 is 0 Å². The molecule has 2 saturated heterocycles. The predicted molar refractivity (Wildman–Crippen MR) is 40.3 cm³/mol. The third-order valence-corrected chi connectivity index (χ3v) is 2.31. The van der Waals surface area contributed by atoms with Gasteiger partial charge in [0.25, 0.3) is 0 Å². The molecule has 2 heterocycles. The summed E-state index contributed by atoms with van der Waals surface area (Å²) in [6.07, 6.45) is 1.58. The first-order valence-electron chi connectivity index (χ1n) is 4.32. The lowest BCUT2D eigenvalue weighted by Crippen LogP contribution is -2.38. The molecule has 64 valence electrons. The zero-order valence-corrected chi connectivity index (χ0v) is 6.63. The summed E-state index contributed by atoms with van der Waals surface area (Å²) in [5.74, 6) is 0. The number of epoxide rings is 1. The summed E-state index contributed by atoms with van der Waals surface area (Å²) in [5, 5.41) is 0. The second-order valence-corrected chi connectivity index (χ2v) is 3.45. The summed E-state index contributed by atoms with van der Waals surface area (Å²) < 4.78 is 17.9. The molecule has 3 heteroatoms. The van der Waals surface area contributed by atoms with Gasteiger partial charge < -0.3 is 4.74 Å². The second kappa shape index (κ2) is 3.07. The molecule has 0 bridgehead atoms. The Labute approximate surface area is 66.3 Å². The van der Waals surface area contributed by atoms with Crippen molar-refractivity contribution in [1.29, 1.82) is 0 Å². The zero-order chi connectivity index (χ0) is 7.68. The largest absolute Gasteiger partial charge is 0.372 e. The summed E-state index contributed by atoms with van der Waals surface area (Å²) in [6.45, 7) is 3.51. The Morgan fingerprint density at radius 2 is 2.36 bits per heavy atom. The average Bonchev–Trinajstić information content (AvgIpc) is 2.71. The standard InChI is InChI=1S/C8H14FNO/c9-7-2-1-3-10(4-7)5-8-6-11-8/h7-8H,1-6H2. The topological polar surface area (TPSA) is 15.8 Å². The lowest BCUT2D eigenvalue weighted by molar-refractivity contribution is 0.130. The molecule has 0 amide bonds. The first-order valence-corrected chi connectivity index (χ1v) is 4.32. The molecular weight excluding hydrogens is 145 g/mol. The van der Waals surface area contributed by atoms with Crippen molar-refractivity contribution in [2.45, 2.75) is 25.1 Å². The van der Waals surface area contributed by atoms with Gasteiger partial charge in [-0.15, -0.1) is 0 Å². The molecule has 0 aromatic carbocycles. The molecule has 0 aliphatic carbocycles. The maximum Gasteiger partial charge on any atom is 0.113 e.